The maximum absolute atomic E-state index is 9.51. The van der Waals surface area contributed by atoms with Crippen molar-refractivity contribution in [1.82, 2.24) is 9.78 Å². The molecule has 0 amide bonds. The molecule has 0 aliphatic heterocycles. The summed E-state index contributed by atoms with van der Waals surface area (Å²) in [4.78, 5) is 0. The highest BCUT2D eigenvalue weighted by molar-refractivity contribution is 6.32. The number of aromatic nitrogens is 2. The summed E-state index contributed by atoms with van der Waals surface area (Å²) < 4.78 is 7.64. The monoisotopic (exact) mass is 308 g/mol. The lowest BCUT2D eigenvalue weighted by Crippen LogP contribution is -2.06. The third-order valence-corrected chi connectivity index (χ3v) is 3.82. The van der Waals surface area contributed by atoms with E-state index >= 15 is 0 Å². The van der Waals surface area contributed by atoms with Crippen molar-refractivity contribution >= 4 is 11.6 Å². The van der Waals surface area contributed by atoms with Crippen LogP contribution in [-0.2, 0) is 6.61 Å². The number of nitrogens with zero attached hydrogens (tertiary/aromatic N) is 2. The highest BCUT2D eigenvalue weighted by Crippen LogP contribution is 2.28. The predicted molar refractivity (Wildman–Crippen MR) is 83.6 cm³/mol. The Bertz CT molecular complexity index is 596. The summed E-state index contributed by atoms with van der Waals surface area (Å²) in [6, 6.07) is 7.64. The molecule has 0 fully saturated rings. The summed E-state index contributed by atoms with van der Waals surface area (Å²) in [5, 5.41) is 14.5. The topological polar surface area (TPSA) is 47.3 Å². The van der Waals surface area contributed by atoms with Gasteiger partial charge in [0.05, 0.1) is 16.8 Å². The molecule has 4 nitrogen and oxygen atoms in total. The normalized spacial score (nSPS) is 14.0. The van der Waals surface area contributed by atoms with E-state index in [2.05, 4.69) is 18.9 Å². The maximum atomic E-state index is 9.51. The number of hydrogen-bond donors (Lipinski definition) is 1. The van der Waals surface area contributed by atoms with Gasteiger partial charge < -0.3 is 9.84 Å². The summed E-state index contributed by atoms with van der Waals surface area (Å²) in [6.45, 7) is 6.33. The van der Waals surface area contributed by atoms with E-state index in [-0.39, 0.29) is 0 Å². The van der Waals surface area contributed by atoms with Gasteiger partial charge in [-0.25, -0.2) is 0 Å². The maximum Gasteiger partial charge on any atom is 0.138 e. The van der Waals surface area contributed by atoms with E-state index in [9.17, 15) is 5.11 Å². The second kappa shape index (κ2) is 6.96. The molecule has 0 spiro atoms. The molecular weight excluding hydrogens is 288 g/mol. The molecule has 2 unspecified atom stereocenters. The van der Waals surface area contributed by atoms with Crippen LogP contribution in [0.25, 0.3) is 0 Å². The zero-order valence-electron chi connectivity index (χ0n) is 12.6. The third kappa shape index (κ3) is 3.99. The average Bonchev–Trinajstić information content (AvgIpc) is 2.93. The van der Waals surface area contributed by atoms with E-state index in [1.54, 1.807) is 19.1 Å². The van der Waals surface area contributed by atoms with Crippen LogP contribution in [0.1, 0.15) is 50.6 Å². The first-order valence-electron chi connectivity index (χ1n) is 7.15. The zero-order valence-corrected chi connectivity index (χ0v) is 13.3. The number of aliphatic hydroxyl groups is 1. The van der Waals surface area contributed by atoms with Crippen LogP contribution in [0.15, 0.2) is 30.5 Å². The lowest BCUT2D eigenvalue weighted by atomic mass is 10.1. The van der Waals surface area contributed by atoms with Crippen LogP contribution < -0.4 is 4.74 Å². The molecule has 0 saturated carbocycles. The number of rotatable bonds is 6. The predicted octanol–water partition coefficient (Wildman–Crippen LogP) is 4.14. The van der Waals surface area contributed by atoms with Crippen molar-refractivity contribution in [3.8, 4) is 5.75 Å². The highest BCUT2D eigenvalue weighted by Gasteiger charge is 2.09. The lowest BCUT2D eigenvalue weighted by Gasteiger charge is -2.10. The van der Waals surface area contributed by atoms with Gasteiger partial charge in [0.15, 0.2) is 0 Å². The highest BCUT2D eigenvalue weighted by atomic mass is 35.5. The number of benzene rings is 1. The molecule has 2 rings (SSSR count). The van der Waals surface area contributed by atoms with Gasteiger partial charge in [-0.05, 0) is 44.0 Å². The van der Waals surface area contributed by atoms with E-state index in [0.717, 1.165) is 17.7 Å². The number of ether oxygens (including phenoxy) is 1. The summed E-state index contributed by atoms with van der Waals surface area (Å²) in [6.07, 6.45) is 2.46. The lowest BCUT2D eigenvalue weighted by molar-refractivity contribution is 0.199. The van der Waals surface area contributed by atoms with Crippen LogP contribution in [0.3, 0.4) is 0 Å². The average molecular weight is 309 g/mol. The zero-order chi connectivity index (χ0) is 15.4. The van der Waals surface area contributed by atoms with Gasteiger partial charge in [-0.3, -0.25) is 4.68 Å². The summed E-state index contributed by atoms with van der Waals surface area (Å²) in [5.41, 5.74) is 1.64. The van der Waals surface area contributed by atoms with Crippen molar-refractivity contribution in [2.75, 3.05) is 0 Å². The first kappa shape index (κ1) is 15.9. The second-order valence-corrected chi connectivity index (χ2v) is 5.61. The Morgan fingerprint density at radius 1 is 1.33 bits per heavy atom. The van der Waals surface area contributed by atoms with E-state index < -0.39 is 6.10 Å². The van der Waals surface area contributed by atoms with Crippen LogP contribution in [0.5, 0.6) is 5.75 Å². The minimum atomic E-state index is -0.539. The number of aliphatic hydroxyl groups excluding tert-OH is 1. The van der Waals surface area contributed by atoms with Crippen molar-refractivity contribution in [3.63, 3.8) is 0 Å². The Morgan fingerprint density at radius 2 is 2.10 bits per heavy atom. The molecule has 2 atom stereocenters. The Hall–Kier alpha value is -1.52. The van der Waals surface area contributed by atoms with Gasteiger partial charge in [0.2, 0.25) is 0 Å². The van der Waals surface area contributed by atoms with Crippen molar-refractivity contribution in [2.45, 2.75) is 45.9 Å². The van der Waals surface area contributed by atoms with Crippen molar-refractivity contribution in [3.05, 3.63) is 46.7 Å². The molecule has 114 valence electrons. The molecule has 0 bridgehead atoms. The molecule has 1 aromatic carbocycles. The quantitative estimate of drug-likeness (QED) is 0.872. The minimum Gasteiger partial charge on any atom is -0.486 e. The largest absolute Gasteiger partial charge is 0.486 e. The van der Waals surface area contributed by atoms with Gasteiger partial charge >= 0.3 is 0 Å². The summed E-state index contributed by atoms with van der Waals surface area (Å²) >= 11 is 6.16. The van der Waals surface area contributed by atoms with E-state index in [4.69, 9.17) is 16.3 Å². The standard InChI is InChI=1S/C16H21ClN2O2/c1-4-11(2)19-8-7-14(18-19)10-21-16-6-5-13(12(3)20)9-15(16)17/h5-9,11-12,20H,4,10H2,1-3H3. The van der Waals surface area contributed by atoms with Crippen LogP contribution >= 0.6 is 11.6 Å². The van der Waals surface area contributed by atoms with Crippen LogP contribution in [0.4, 0.5) is 0 Å². The Labute approximate surface area is 130 Å². The molecule has 1 N–H and O–H groups in total. The van der Waals surface area contributed by atoms with Gasteiger partial charge in [-0.15, -0.1) is 0 Å². The molecule has 1 heterocycles. The molecule has 5 heteroatoms. The van der Waals surface area contributed by atoms with Crippen molar-refractivity contribution in [2.24, 2.45) is 0 Å². The van der Waals surface area contributed by atoms with Crippen LogP contribution in [-0.4, -0.2) is 14.9 Å². The summed E-state index contributed by atoms with van der Waals surface area (Å²) in [5.74, 6) is 0.596. The van der Waals surface area contributed by atoms with Gasteiger partial charge in [-0.2, -0.15) is 5.10 Å². The van der Waals surface area contributed by atoms with Gasteiger partial charge in [-0.1, -0.05) is 24.6 Å². The fourth-order valence-corrected chi connectivity index (χ4v) is 2.18. The first-order chi connectivity index (χ1) is 10.0. The van der Waals surface area contributed by atoms with Crippen LogP contribution in [0, 0.1) is 0 Å². The SMILES string of the molecule is CCC(C)n1ccc(COc2ccc(C(C)O)cc2Cl)n1. The Kier molecular flexibility index (Phi) is 5.26. The Balaban J connectivity index is 2.01. The molecule has 0 saturated heterocycles. The first-order valence-corrected chi connectivity index (χ1v) is 7.53. The van der Waals surface area contributed by atoms with Gasteiger partial charge in [0, 0.05) is 12.2 Å². The van der Waals surface area contributed by atoms with Crippen LogP contribution in [0.2, 0.25) is 5.02 Å². The smallest absolute Gasteiger partial charge is 0.138 e. The van der Waals surface area contributed by atoms with E-state index in [1.807, 2.05) is 23.0 Å². The summed E-state index contributed by atoms with van der Waals surface area (Å²) in [7, 11) is 0. The second-order valence-electron chi connectivity index (χ2n) is 5.20. The molecule has 0 aliphatic rings. The Morgan fingerprint density at radius 3 is 2.71 bits per heavy atom. The number of halogens is 1. The van der Waals surface area contributed by atoms with Gasteiger partial charge in [0.25, 0.3) is 0 Å². The number of hydrogen-bond acceptors (Lipinski definition) is 3. The molecular formula is C16H21ClN2O2. The molecule has 1 aromatic heterocycles. The fourth-order valence-electron chi connectivity index (χ4n) is 1.93. The molecule has 0 radical (unpaired) electrons. The minimum absolute atomic E-state index is 0.372. The van der Waals surface area contributed by atoms with E-state index in [1.165, 1.54) is 0 Å². The van der Waals surface area contributed by atoms with Gasteiger partial charge in [0.1, 0.15) is 12.4 Å². The molecule has 21 heavy (non-hydrogen) atoms. The molecule has 0 aliphatic carbocycles. The van der Waals surface area contributed by atoms with Crippen molar-refractivity contribution < 1.29 is 9.84 Å². The van der Waals surface area contributed by atoms with Crippen molar-refractivity contribution in [1.29, 1.82) is 0 Å². The van der Waals surface area contributed by atoms with E-state index in [0.29, 0.717) is 23.4 Å². The fraction of sp³-hybridized carbons (Fsp3) is 0.438. The molecule has 2 aromatic rings. The third-order valence-electron chi connectivity index (χ3n) is 3.52.